The van der Waals surface area contributed by atoms with Crippen molar-refractivity contribution in [1.29, 1.82) is 0 Å². The van der Waals surface area contributed by atoms with Crippen LogP contribution in [0.25, 0.3) is 0 Å². The molecular formula is C15H16F2N2O2. The summed E-state index contributed by atoms with van der Waals surface area (Å²) in [4.78, 5) is 23.0. The molecule has 0 spiro atoms. The average molecular weight is 294 g/mol. The molecule has 6 heteroatoms. The van der Waals surface area contributed by atoms with E-state index >= 15 is 0 Å². The molecule has 0 bridgehead atoms. The fraction of sp³-hybridized carbons (Fsp3) is 0.333. The van der Waals surface area contributed by atoms with Gasteiger partial charge < -0.3 is 11.1 Å². The molecule has 0 fully saturated rings. The second kappa shape index (κ2) is 8.00. The van der Waals surface area contributed by atoms with Crippen molar-refractivity contribution in [3.8, 4) is 12.3 Å². The summed E-state index contributed by atoms with van der Waals surface area (Å²) in [6, 6.07) is 2.42. The molecule has 0 radical (unpaired) electrons. The summed E-state index contributed by atoms with van der Waals surface area (Å²) in [5.41, 5.74) is 4.82. The number of amides is 2. The van der Waals surface area contributed by atoms with Gasteiger partial charge in [-0.25, -0.2) is 8.78 Å². The Hall–Kier alpha value is -2.42. The van der Waals surface area contributed by atoms with Gasteiger partial charge in [0.05, 0.1) is 6.42 Å². The van der Waals surface area contributed by atoms with E-state index in [2.05, 4.69) is 11.2 Å². The highest BCUT2D eigenvalue weighted by Gasteiger charge is 2.19. The van der Waals surface area contributed by atoms with Gasteiger partial charge in [0, 0.05) is 12.0 Å². The Labute approximate surface area is 121 Å². The molecule has 0 unspecified atom stereocenters. The van der Waals surface area contributed by atoms with Crippen LogP contribution in [0.4, 0.5) is 8.78 Å². The number of carbonyl (C=O) groups is 2. The molecule has 112 valence electrons. The van der Waals surface area contributed by atoms with E-state index in [4.69, 9.17) is 12.2 Å². The fourth-order valence-electron chi connectivity index (χ4n) is 1.80. The first-order chi connectivity index (χ1) is 9.95. The van der Waals surface area contributed by atoms with Gasteiger partial charge in [-0.1, -0.05) is 6.07 Å². The Morgan fingerprint density at radius 3 is 2.48 bits per heavy atom. The summed E-state index contributed by atoms with van der Waals surface area (Å²) < 4.78 is 26.8. The van der Waals surface area contributed by atoms with Crippen molar-refractivity contribution >= 4 is 11.8 Å². The molecule has 0 saturated carbocycles. The van der Waals surface area contributed by atoms with Crippen molar-refractivity contribution in [1.82, 2.24) is 5.32 Å². The van der Waals surface area contributed by atoms with E-state index in [9.17, 15) is 18.4 Å². The molecule has 21 heavy (non-hydrogen) atoms. The predicted octanol–water partition coefficient (Wildman–Crippen LogP) is 1.28. The molecule has 0 aliphatic heterocycles. The van der Waals surface area contributed by atoms with Gasteiger partial charge in [-0.2, -0.15) is 0 Å². The summed E-state index contributed by atoms with van der Waals surface area (Å²) >= 11 is 0. The summed E-state index contributed by atoms with van der Waals surface area (Å²) in [6.45, 7) is 0. The molecule has 0 aromatic heterocycles. The lowest BCUT2D eigenvalue weighted by Gasteiger charge is -2.15. The molecule has 0 aliphatic rings. The van der Waals surface area contributed by atoms with Crippen LogP contribution in [0.5, 0.6) is 0 Å². The Morgan fingerprint density at radius 2 is 1.95 bits per heavy atom. The van der Waals surface area contributed by atoms with E-state index < -0.39 is 35.9 Å². The first kappa shape index (κ1) is 16.6. The molecule has 3 N–H and O–H groups in total. The Kier molecular flexibility index (Phi) is 6.34. The van der Waals surface area contributed by atoms with Crippen molar-refractivity contribution in [2.24, 2.45) is 5.73 Å². The Morgan fingerprint density at radius 1 is 1.33 bits per heavy atom. The number of carbonyl (C=O) groups excluding carboxylic acids is 2. The highest BCUT2D eigenvalue weighted by atomic mass is 19.1. The number of nitrogens with one attached hydrogen (secondary N) is 1. The van der Waals surface area contributed by atoms with E-state index in [0.29, 0.717) is 12.8 Å². The highest BCUT2D eigenvalue weighted by molar-refractivity contribution is 5.87. The standard InChI is InChI=1S/C15H16F2N2O2/c1-2-3-4-8-13(15(18)21)19-14(20)9-10-11(16)6-5-7-12(10)17/h1,5-7,13H,3-4,8-9H2,(H2,18,21)(H,19,20)/t13-/m0/s1. The molecule has 4 nitrogen and oxygen atoms in total. The summed E-state index contributed by atoms with van der Waals surface area (Å²) in [7, 11) is 0. The van der Waals surface area contributed by atoms with Crippen LogP contribution in [0.1, 0.15) is 24.8 Å². The average Bonchev–Trinajstić information content (AvgIpc) is 2.42. The molecule has 0 heterocycles. The van der Waals surface area contributed by atoms with Gasteiger partial charge >= 0.3 is 0 Å². The van der Waals surface area contributed by atoms with Crippen LogP contribution in [0.2, 0.25) is 0 Å². The number of nitrogens with two attached hydrogens (primary N) is 1. The van der Waals surface area contributed by atoms with Gasteiger partial charge in [0.1, 0.15) is 17.7 Å². The van der Waals surface area contributed by atoms with Crippen molar-refractivity contribution in [3.05, 3.63) is 35.4 Å². The molecule has 1 aromatic rings. The maximum atomic E-state index is 13.4. The minimum absolute atomic E-state index is 0.283. The van der Waals surface area contributed by atoms with Crippen molar-refractivity contribution in [2.75, 3.05) is 0 Å². The summed E-state index contributed by atoms with van der Waals surface area (Å²) in [6.07, 6.45) is 5.83. The number of hydrogen-bond donors (Lipinski definition) is 2. The van der Waals surface area contributed by atoms with Crippen LogP contribution in [0, 0.1) is 24.0 Å². The SMILES string of the molecule is C#CCCC[C@H](NC(=O)Cc1c(F)cccc1F)C(N)=O. The molecular weight excluding hydrogens is 278 g/mol. The van der Waals surface area contributed by atoms with Crippen molar-refractivity contribution in [2.45, 2.75) is 31.7 Å². The number of primary amides is 1. The van der Waals surface area contributed by atoms with Gasteiger partial charge in [0.15, 0.2) is 0 Å². The largest absolute Gasteiger partial charge is 0.368 e. The first-order valence-corrected chi connectivity index (χ1v) is 6.40. The number of unbranched alkanes of at least 4 members (excludes halogenated alkanes) is 1. The van der Waals surface area contributed by atoms with Crippen LogP contribution < -0.4 is 11.1 Å². The number of halogens is 2. The van der Waals surface area contributed by atoms with E-state index in [-0.39, 0.29) is 12.0 Å². The van der Waals surface area contributed by atoms with Crippen LogP contribution in [-0.2, 0) is 16.0 Å². The predicted molar refractivity (Wildman–Crippen MR) is 73.9 cm³/mol. The summed E-state index contributed by atoms with van der Waals surface area (Å²) in [5, 5.41) is 2.36. The van der Waals surface area contributed by atoms with E-state index in [1.807, 2.05) is 0 Å². The molecule has 1 aromatic carbocycles. The van der Waals surface area contributed by atoms with Crippen LogP contribution >= 0.6 is 0 Å². The van der Waals surface area contributed by atoms with Crippen molar-refractivity contribution in [3.63, 3.8) is 0 Å². The Bertz CT molecular complexity index is 547. The maximum absolute atomic E-state index is 13.4. The smallest absolute Gasteiger partial charge is 0.240 e. The van der Waals surface area contributed by atoms with E-state index in [0.717, 1.165) is 12.1 Å². The molecule has 1 atom stereocenters. The lowest BCUT2D eigenvalue weighted by molar-refractivity contribution is -0.127. The lowest BCUT2D eigenvalue weighted by Crippen LogP contribution is -2.45. The second-order valence-corrected chi connectivity index (χ2v) is 4.50. The molecule has 0 saturated heterocycles. The fourth-order valence-corrected chi connectivity index (χ4v) is 1.80. The van der Waals surface area contributed by atoms with E-state index in [1.54, 1.807) is 0 Å². The first-order valence-electron chi connectivity index (χ1n) is 6.40. The minimum Gasteiger partial charge on any atom is -0.368 e. The minimum atomic E-state index is -0.902. The highest BCUT2D eigenvalue weighted by Crippen LogP contribution is 2.12. The zero-order valence-electron chi connectivity index (χ0n) is 11.4. The molecule has 1 rings (SSSR count). The van der Waals surface area contributed by atoms with Gasteiger partial charge in [-0.15, -0.1) is 12.3 Å². The number of hydrogen-bond acceptors (Lipinski definition) is 2. The normalized spacial score (nSPS) is 11.5. The Balaban J connectivity index is 2.66. The van der Waals surface area contributed by atoms with E-state index in [1.165, 1.54) is 6.07 Å². The summed E-state index contributed by atoms with van der Waals surface area (Å²) in [5.74, 6) is -0.609. The van der Waals surface area contributed by atoms with Gasteiger partial charge in [-0.05, 0) is 25.0 Å². The number of rotatable bonds is 7. The topological polar surface area (TPSA) is 72.2 Å². The van der Waals surface area contributed by atoms with Crippen molar-refractivity contribution < 1.29 is 18.4 Å². The monoisotopic (exact) mass is 294 g/mol. The van der Waals surface area contributed by atoms with Gasteiger partial charge in [0.2, 0.25) is 11.8 Å². The van der Waals surface area contributed by atoms with Crippen LogP contribution in [-0.4, -0.2) is 17.9 Å². The maximum Gasteiger partial charge on any atom is 0.240 e. The third kappa shape index (κ3) is 5.22. The zero-order chi connectivity index (χ0) is 15.8. The number of benzene rings is 1. The van der Waals surface area contributed by atoms with Crippen LogP contribution in [0.3, 0.4) is 0 Å². The quantitative estimate of drug-likeness (QED) is 0.587. The lowest BCUT2D eigenvalue weighted by atomic mass is 10.1. The second-order valence-electron chi connectivity index (χ2n) is 4.50. The molecule has 2 amide bonds. The molecule has 0 aliphatic carbocycles. The third-order valence-electron chi connectivity index (χ3n) is 2.89. The third-order valence-corrected chi connectivity index (χ3v) is 2.89. The zero-order valence-corrected chi connectivity index (χ0v) is 11.4. The van der Waals surface area contributed by atoms with Gasteiger partial charge in [0.25, 0.3) is 0 Å². The van der Waals surface area contributed by atoms with Gasteiger partial charge in [-0.3, -0.25) is 9.59 Å². The van der Waals surface area contributed by atoms with Crippen LogP contribution in [0.15, 0.2) is 18.2 Å². The number of terminal acetylenes is 1.